The second-order valence-electron chi connectivity index (χ2n) is 8.44. The number of benzene rings is 2. The quantitative estimate of drug-likeness (QED) is 0.562. The Morgan fingerprint density at radius 1 is 1.00 bits per heavy atom. The molecule has 0 radical (unpaired) electrons. The van der Waals surface area contributed by atoms with Gasteiger partial charge in [-0.05, 0) is 68.4 Å². The van der Waals surface area contributed by atoms with Crippen LogP contribution in [0, 0.1) is 0 Å². The fourth-order valence-corrected chi connectivity index (χ4v) is 4.17. The highest BCUT2D eigenvalue weighted by molar-refractivity contribution is 5.64. The van der Waals surface area contributed by atoms with Gasteiger partial charge in [-0.2, -0.15) is 0 Å². The summed E-state index contributed by atoms with van der Waals surface area (Å²) in [5, 5.41) is 3.33. The fourth-order valence-electron chi connectivity index (χ4n) is 4.17. The van der Waals surface area contributed by atoms with Gasteiger partial charge in [0.2, 0.25) is 5.95 Å². The summed E-state index contributed by atoms with van der Waals surface area (Å²) in [6, 6.07) is 15.9. The molecule has 3 aromatic rings. The van der Waals surface area contributed by atoms with E-state index in [-0.39, 0.29) is 0 Å². The van der Waals surface area contributed by atoms with Crippen LogP contribution in [0.4, 0.5) is 11.6 Å². The second kappa shape index (κ2) is 11.1. The van der Waals surface area contributed by atoms with Gasteiger partial charge in [-0.15, -0.1) is 0 Å². The SMILES string of the molecule is C1=CCOc2cccc(c2)-c2ccnc(n2)Nc2ccc(OCCN3CCCC3)c(c2)COC1. The summed E-state index contributed by atoms with van der Waals surface area (Å²) >= 11 is 0. The molecule has 0 amide bonds. The van der Waals surface area contributed by atoms with Crippen molar-refractivity contribution in [2.75, 3.05) is 44.8 Å². The van der Waals surface area contributed by atoms with Crippen LogP contribution < -0.4 is 14.8 Å². The third-order valence-corrected chi connectivity index (χ3v) is 5.95. The van der Waals surface area contributed by atoms with Crippen molar-refractivity contribution in [2.24, 2.45) is 0 Å². The van der Waals surface area contributed by atoms with E-state index in [1.54, 1.807) is 6.20 Å². The van der Waals surface area contributed by atoms with E-state index in [1.807, 2.05) is 60.7 Å². The lowest BCUT2D eigenvalue weighted by Gasteiger charge is -2.17. The number of ether oxygens (including phenoxy) is 3. The number of hydrogen-bond donors (Lipinski definition) is 1. The third-order valence-electron chi connectivity index (χ3n) is 5.95. The maximum absolute atomic E-state index is 6.15. The first-order chi connectivity index (χ1) is 16.8. The molecule has 34 heavy (non-hydrogen) atoms. The average Bonchev–Trinajstić information content (AvgIpc) is 3.38. The Bertz CT molecular complexity index is 1130. The summed E-state index contributed by atoms with van der Waals surface area (Å²) in [6.45, 7) is 5.37. The number of nitrogens with zero attached hydrogens (tertiary/aromatic N) is 3. The molecular formula is C27H30N4O3. The summed E-state index contributed by atoms with van der Waals surface area (Å²) in [5.41, 5.74) is 3.68. The minimum Gasteiger partial charge on any atom is -0.492 e. The average molecular weight is 459 g/mol. The Kier molecular flexibility index (Phi) is 7.33. The Labute approximate surface area is 200 Å². The number of nitrogens with one attached hydrogen (secondary N) is 1. The molecule has 1 saturated heterocycles. The van der Waals surface area contributed by atoms with Crippen molar-refractivity contribution in [2.45, 2.75) is 19.4 Å². The van der Waals surface area contributed by atoms with Crippen LogP contribution in [0.5, 0.6) is 11.5 Å². The minimum atomic E-state index is 0.446. The molecule has 0 spiro atoms. The minimum absolute atomic E-state index is 0.446. The lowest BCUT2D eigenvalue weighted by atomic mass is 10.1. The van der Waals surface area contributed by atoms with E-state index in [2.05, 4.69) is 15.2 Å². The van der Waals surface area contributed by atoms with Gasteiger partial charge < -0.3 is 19.5 Å². The molecular weight excluding hydrogens is 428 g/mol. The van der Waals surface area contributed by atoms with Gasteiger partial charge in [0, 0.05) is 29.6 Å². The fraction of sp³-hybridized carbons (Fsp3) is 0.333. The summed E-state index contributed by atoms with van der Waals surface area (Å²) < 4.78 is 17.9. The highest BCUT2D eigenvalue weighted by Crippen LogP contribution is 2.27. The Morgan fingerprint density at radius 2 is 1.91 bits per heavy atom. The van der Waals surface area contributed by atoms with Gasteiger partial charge in [0.1, 0.15) is 24.7 Å². The molecule has 0 saturated carbocycles. The van der Waals surface area contributed by atoms with Gasteiger partial charge in [0.15, 0.2) is 0 Å². The molecule has 7 nitrogen and oxygen atoms in total. The molecule has 0 unspecified atom stereocenters. The molecule has 1 aromatic heterocycles. The van der Waals surface area contributed by atoms with Gasteiger partial charge in [0.25, 0.3) is 0 Å². The van der Waals surface area contributed by atoms with Crippen LogP contribution in [0.25, 0.3) is 11.3 Å². The largest absolute Gasteiger partial charge is 0.492 e. The molecule has 5 rings (SSSR count). The monoisotopic (exact) mass is 458 g/mol. The summed E-state index contributed by atoms with van der Waals surface area (Å²) in [6.07, 6.45) is 8.28. The highest BCUT2D eigenvalue weighted by Gasteiger charge is 2.13. The predicted molar refractivity (Wildman–Crippen MR) is 133 cm³/mol. The van der Waals surface area contributed by atoms with Gasteiger partial charge in [-0.25, -0.2) is 9.97 Å². The van der Waals surface area contributed by atoms with Crippen LogP contribution in [0.15, 0.2) is 66.9 Å². The van der Waals surface area contributed by atoms with E-state index >= 15 is 0 Å². The van der Waals surface area contributed by atoms with Crippen LogP contribution in [-0.2, 0) is 11.3 Å². The maximum atomic E-state index is 6.15. The van der Waals surface area contributed by atoms with E-state index in [1.165, 1.54) is 25.9 Å². The molecule has 2 aromatic carbocycles. The number of anilines is 2. The maximum Gasteiger partial charge on any atom is 0.227 e. The molecule has 1 fully saturated rings. The molecule has 3 heterocycles. The first kappa shape index (κ1) is 22.4. The van der Waals surface area contributed by atoms with Gasteiger partial charge in [-0.3, -0.25) is 4.90 Å². The van der Waals surface area contributed by atoms with Crippen LogP contribution >= 0.6 is 0 Å². The Balaban J connectivity index is 1.37. The molecule has 2 aliphatic rings. The molecule has 2 aliphatic heterocycles. The van der Waals surface area contributed by atoms with Gasteiger partial charge in [0.05, 0.1) is 18.9 Å². The normalized spacial score (nSPS) is 16.4. The summed E-state index contributed by atoms with van der Waals surface area (Å²) in [7, 11) is 0. The number of likely N-dealkylation sites (tertiary alicyclic amines) is 1. The first-order valence-corrected chi connectivity index (χ1v) is 11.9. The van der Waals surface area contributed by atoms with Crippen LogP contribution in [0.3, 0.4) is 0 Å². The van der Waals surface area contributed by atoms with E-state index < -0.39 is 0 Å². The van der Waals surface area contributed by atoms with Crippen molar-refractivity contribution in [3.8, 4) is 22.8 Å². The number of rotatable bonds is 4. The molecule has 1 N–H and O–H groups in total. The Hall–Kier alpha value is -3.42. The molecule has 0 aliphatic carbocycles. The van der Waals surface area contributed by atoms with Crippen molar-refractivity contribution in [1.82, 2.24) is 14.9 Å². The van der Waals surface area contributed by atoms with E-state index in [4.69, 9.17) is 19.2 Å². The second-order valence-corrected chi connectivity index (χ2v) is 8.44. The molecule has 7 heteroatoms. The van der Waals surface area contributed by atoms with Crippen molar-refractivity contribution in [3.63, 3.8) is 0 Å². The highest BCUT2D eigenvalue weighted by atomic mass is 16.5. The predicted octanol–water partition coefficient (Wildman–Crippen LogP) is 4.83. The number of fused-ring (bicyclic) bond motifs is 7. The van der Waals surface area contributed by atoms with Gasteiger partial charge >= 0.3 is 0 Å². The van der Waals surface area contributed by atoms with Gasteiger partial charge in [-0.1, -0.05) is 18.2 Å². The zero-order chi connectivity index (χ0) is 23.0. The Morgan fingerprint density at radius 3 is 2.85 bits per heavy atom. The lowest BCUT2D eigenvalue weighted by molar-refractivity contribution is 0.144. The van der Waals surface area contributed by atoms with E-state index in [0.717, 1.165) is 40.6 Å². The molecule has 6 bridgehead atoms. The van der Waals surface area contributed by atoms with Crippen LogP contribution in [0.2, 0.25) is 0 Å². The zero-order valence-electron chi connectivity index (χ0n) is 19.3. The van der Waals surface area contributed by atoms with Crippen molar-refractivity contribution in [3.05, 3.63) is 72.4 Å². The zero-order valence-corrected chi connectivity index (χ0v) is 19.3. The van der Waals surface area contributed by atoms with E-state index in [9.17, 15) is 0 Å². The van der Waals surface area contributed by atoms with Crippen molar-refractivity contribution in [1.29, 1.82) is 0 Å². The smallest absolute Gasteiger partial charge is 0.227 e. The molecule has 0 atom stereocenters. The van der Waals surface area contributed by atoms with Crippen molar-refractivity contribution >= 4 is 11.6 Å². The van der Waals surface area contributed by atoms with Crippen LogP contribution in [0.1, 0.15) is 18.4 Å². The lowest BCUT2D eigenvalue weighted by Crippen LogP contribution is -2.25. The number of hydrogen-bond acceptors (Lipinski definition) is 7. The molecule has 176 valence electrons. The third kappa shape index (κ3) is 5.92. The van der Waals surface area contributed by atoms with Crippen LogP contribution in [-0.4, -0.2) is 54.3 Å². The van der Waals surface area contributed by atoms with Crippen molar-refractivity contribution < 1.29 is 14.2 Å². The summed E-state index contributed by atoms with van der Waals surface area (Å²) in [4.78, 5) is 11.6. The standard InChI is InChI=1S/C27H30N4O3/c1-2-13-31(12-1)14-17-34-26-9-8-23-18-22(26)20-32-15-3-4-16-33-24-7-5-6-21(19-24)25-10-11-28-27(29-23)30-25/h3-11,18-19H,1-2,12-17,20H2,(H,28,29,30). The first-order valence-electron chi connectivity index (χ1n) is 11.9. The number of aromatic nitrogens is 2. The topological polar surface area (TPSA) is 68.7 Å². The summed E-state index contributed by atoms with van der Waals surface area (Å²) in [5.74, 6) is 2.17. The van der Waals surface area contributed by atoms with E-state index in [0.29, 0.717) is 32.4 Å².